The van der Waals surface area contributed by atoms with Crippen LogP contribution in [0.15, 0.2) is 243 Å². The summed E-state index contributed by atoms with van der Waals surface area (Å²) in [6, 6.07) is 85.3. The van der Waals surface area contributed by atoms with E-state index >= 15 is 0 Å². The predicted octanol–water partition coefficient (Wildman–Crippen LogP) is 11.0. The summed E-state index contributed by atoms with van der Waals surface area (Å²) in [7, 11) is -6.77. The van der Waals surface area contributed by atoms with E-state index in [4.69, 9.17) is 0 Å². The SMILES string of the molecule is C=CCc1ccccc1-c1ccccc1CC(Cl)([PH](c1ccccc1)(c1ccccc1)c1ccccc1)[PH](c1ccccc1)(c1ccccc1)c1ccccc1. The van der Waals surface area contributed by atoms with Gasteiger partial charge in [0.15, 0.2) is 0 Å². The van der Waals surface area contributed by atoms with E-state index in [0.29, 0.717) is 6.42 Å². The molecular formula is C53H47ClP2. The molecule has 0 N–H and O–H groups in total. The van der Waals surface area contributed by atoms with Crippen LogP contribution in [0.1, 0.15) is 11.1 Å². The van der Waals surface area contributed by atoms with Gasteiger partial charge < -0.3 is 0 Å². The third-order valence-electron chi connectivity index (χ3n) is 11.6. The number of allylic oxidation sites excluding steroid dienone is 1. The van der Waals surface area contributed by atoms with Crippen LogP contribution in [0.2, 0.25) is 0 Å². The maximum absolute atomic E-state index is 9.59. The quantitative estimate of drug-likeness (QED) is 0.0621. The molecule has 0 aliphatic carbocycles. The van der Waals surface area contributed by atoms with Gasteiger partial charge in [0.25, 0.3) is 0 Å². The summed E-state index contributed by atoms with van der Waals surface area (Å²) >= 11 is 9.59. The first kappa shape index (κ1) is 37.6. The Labute approximate surface area is 338 Å². The minimum absolute atomic E-state index is 0.614. The molecule has 0 heterocycles. The number of rotatable bonds is 13. The average Bonchev–Trinajstić information content (AvgIpc) is 3.27. The van der Waals surface area contributed by atoms with Crippen molar-refractivity contribution in [3.63, 3.8) is 0 Å². The molecule has 8 aromatic rings. The molecule has 0 atom stereocenters. The summed E-state index contributed by atoms with van der Waals surface area (Å²) in [6.07, 6.45) is 3.40. The fourth-order valence-electron chi connectivity index (χ4n) is 9.36. The molecule has 3 heteroatoms. The van der Waals surface area contributed by atoms with Gasteiger partial charge in [-0.3, -0.25) is 0 Å². The monoisotopic (exact) mass is 780 g/mol. The molecule has 0 saturated carbocycles. The van der Waals surface area contributed by atoms with Gasteiger partial charge in [0, 0.05) is 0 Å². The van der Waals surface area contributed by atoms with E-state index in [1.54, 1.807) is 0 Å². The van der Waals surface area contributed by atoms with Crippen LogP contribution in [-0.4, -0.2) is 4.36 Å². The molecule has 0 aromatic heterocycles. The van der Waals surface area contributed by atoms with Crippen molar-refractivity contribution in [1.82, 2.24) is 0 Å². The van der Waals surface area contributed by atoms with Crippen molar-refractivity contribution in [2.45, 2.75) is 17.2 Å². The Morgan fingerprint density at radius 2 is 0.607 bits per heavy atom. The second kappa shape index (κ2) is 16.8. The summed E-state index contributed by atoms with van der Waals surface area (Å²) < 4.78 is -0.905. The third kappa shape index (κ3) is 6.47. The normalized spacial score (nSPS) is 13.3. The van der Waals surface area contributed by atoms with Crippen LogP contribution < -0.4 is 31.8 Å². The molecule has 0 nitrogen and oxygen atoms in total. The number of benzene rings is 8. The van der Waals surface area contributed by atoms with Gasteiger partial charge in [-0.1, -0.05) is 0 Å². The van der Waals surface area contributed by atoms with E-state index in [2.05, 4.69) is 237 Å². The first-order valence-electron chi connectivity index (χ1n) is 19.4. The molecule has 0 radical (unpaired) electrons. The van der Waals surface area contributed by atoms with Gasteiger partial charge >= 0.3 is 341 Å². The summed E-state index contributed by atoms with van der Waals surface area (Å²) in [5, 5.41) is 7.73. The van der Waals surface area contributed by atoms with Crippen molar-refractivity contribution in [2.75, 3.05) is 0 Å². The van der Waals surface area contributed by atoms with E-state index in [1.807, 2.05) is 6.08 Å². The van der Waals surface area contributed by atoms with Gasteiger partial charge in [-0.15, -0.1) is 0 Å². The van der Waals surface area contributed by atoms with Crippen molar-refractivity contribution in [3.8, 4) is 11.1 Å². The Hall–Kier alpha value is -5.35. The van der Waals surface area contributed by atoms with E-state index in [0.717, 1.165) is 6.42 Å². The fraction of sp³-hybridized carbons (Fsp3) is 0.0566. The number of alkyl halides is 1. The van der Waals surface area contributed by atoms with Crippen molar-refractivity contribution >= 4 is 58.0 Å². The molecule has 0 spiro atoms. The van der Waals surface area contributed by atoms with Gasteiger partial charge in [0.05, 0.1) is 0 Å². The number of hydrogen-bond donors (Lipinski definition) is 0. The van der Waals surface area contributed by atoms with Gasteiger partial charge in [-0.25, -0.2) is 0 Å². The van der Waals surface area contributed by atoms with Crippen LogP contribution in [0.25, 0.3) is 11.1 Å². The molecule has 0 aliphatic rings. The zero-order valence-corrected chi connectivity index (χ0v) is 34.3. The molecule has 0 amide bonds. The molecule has 0 fully saturated rings. The van der Waals surface area contributed by atoms with Crippen molar-refractivity contribution in [1.29, 1.82) is 0 Å². The first-order chi connectivity index (χ1) is 27.6. The standard InChI is InChI=1S/C53H47ClP2/c1-2-25-43-26-21-23-40-51(43)52-41-24-22-27-44(52)42-53(54,55(45-28-9-3-10-29-45,46-30-11-4-12-31-46)47-32-13-5-14-33-47)56(48-34-15-6-16-35-48,49-36-17-7-18-37-49)50-38-19-8-20-39-50/h2-24,26-41,55-56H,1,25,42H2. The molecule has 0 bridgehead atoms. The second-order valence-corrected chi connectivity index (χ2v) is 24.4. The number of halogens is 1. The third-order valence-corrected chi connectivity index (χ3v) is 25.6. The van der Waals surface area contributed by atoms with Gasteiger partial charge in [-0.05, 0) is 0 Å². The van der Waals surface area contributed by atoms with Gasteiger partial charge in [0.1, 0.15) is 0 Å². The minimum atomic E-state index is -3.39. The van der Waals surface area contributed by atoms with Crippen LogP contribution in [0, 0.1) is 0 Å². The first-order valence-corrected chi connectivity index (χ1v) is 23.8. The molecule has 0 aliphatic heterocycles. The summed E-state index contributed by atoms with van der Waals surface area (Å²) in [5.74, 6) is 0. The van der Waals surface area contributed by atoms with Gasteiger partial charge in [-0.2, -0.15) is 0 Å². The fourth-order valence-corrected chi connectivity index (χ4v) is 26.1. The van der Waals surface area contributed by atoms with E-state index in [-0.39, 0.29) is 0 Å². The topological polar surface area (TPSA) is 0 Å². The second-order valence-electron chi connectivity index (χ2n) is 14.5. The molecule has 0 saturated heterocycles. The molecule has 56 heavy (non-hydrogen) atoms. The van der Waals surface area contributed by atoms with Crippen molar-refractivity contribution < 1.29 is 0 Å². The number of hydrogen-bond acceptors (Lipinski definition) is 0. The molecule has 0 unspecified atom stereocenters. The van der Waals surface area contributed by atoms with Crippen LogP contribution in [0.5, 0.6) is 0 Å². The average molecular weight is 781 g/mol. The van der Waals surface area contributed by atoms with Crippen LogP contribution >= 0.6 is 26.1 Å². The van der Waals surface area contributed by atoms with Crippen molar-refractivity contribution in [2.24, 2.45) is 0 Å². The van der Waals surface area contributed by atoms with Crippen molar-refractivity contribution in [3.05, 3.63) is 254 Å². The Balaban J connectivity index is 1.62. The molecular weight excluding hydrogens is 734 g/mol. The molecule has 8 aromatic carbocycles. The molecule has 8 rings (SSSR count). The van der Waals surface area contributed by atoms with Crippen LogP contribution in [-0.2, 0) is 12.8 Å². The van der Waals surface area contributed by atoms with Crippen LogP contribution in [0.3, 0.4) is 0 Å². The zero-order valence-electron chi connectivity index (χ0n) is 31.5. The predicted molar refractivity (Wildman–Crippen MR) is 251 cm³/mol. The van der Waals surface area contributed by atoms with E-state index in [1.165, 1.54) is 54.1 Å². The molecule has 276 valence electrons. The van der Waals surface area contributed by atoms with Gasteiger partial charge in [0.2, 0.25) is 0 Å². The maximum atomic E-state index is 9.59. The van der Waals surface area contributed by atoms with E-state index < -0.39 is 18.9 Å². The Morgan fingerprint density at radius 3 is 0.911 bits per heavy atom. The summed E-state index contributed by atoms with van der Waals surface area (Å²) in [6.45, 7) is 4.13. The summed E-state index contributed by atoms with van der Waals surface area (Å²) in [4.78, 5) is 0. The zero-order chi connectivity index (χ0) is 38.3. The summed E-state index contributed by atoms with van der Waals surface area (Å²) in [5.41, 5.74) is 4.92. The Morgan fingerprint density at radius 1 is 0.357 bits per heavy atom. The van der Waals surface area contributed by atoms with E-state index in [9.17, 15) is 11.6 Å². The Kier molecular flexibility index (Phi) is 11.3. The Bertz CT molecular complexity index is 2170. The van der Waals surface area contributed by atoms with Crippen LogP contribution in [0.4, 0.5) is 0 Å².